The third-order valence-corrected chi connectivity index (χ3v) is 4.42. The van der Waals surface area contributed by atoms with Crippen LogP contribution in [0.5, 0.6) is 0 Å². The molecule has 146 valence electrons. The van der Waals surface area contributed by atoms with Crippen LogP contribution in [-0.4, -0.2) is 32.8 Å². The van der Waals surface area contributed by atoms with E-state index in [0.29, 0.717) is 5.56 Å². The van der Waals surface area contributed by atoms with Crippen LogP contribution < -0.4 is 0 Å². The van der Waals surface area contributed by atoms with Crippen molar-refractivity contribution in [1.29, 1.82) is 0 Å². The lowest BCUT2D eigenvalue weighted by Crippen LogP contribution is -2.30. The first-order valence-corrected chi connectivity index (χ1v) is 8.30. The summed E-state index contributed by atoms with van der Waals surface area (Å²) in [4.78, 5) is 14.0. The second-order valence-corrected chi connectivity index (χ2v) is 6.21. The molecule has 1 heterocycles. The zero-order valence-electron chi connectivity index (χ0n) is 15.0. The SMILES string of the molecule is C[C@@H](c1ccc(F)cc1)N(C)C(=O)c1cn(-c2ccccc2C(F)(F)F)nn1. The molecule has 1 aromatic heterocycles. The maximum Gasteiger partial charge on any atom is 0.418 e. The van der Waals surface area contributed by atoms with Crippen LogP contribution in [0.2, 0.25) is 0 Å². The molecule has 0 radical (unpaired) electrons. The Bertz CT molecular complexity index is 982. The van der Waals surface area contributed by atoms with Gasteiger partial charge in [0.05, 0.1) is 23.5 Å². The summed E-state index contributed by atoms with van der Waals surface area (Å²) >= 11 is 0. The van der Waals surface area contributed by atoms with Gasteiger partial charge in [-0.2, -0.15) is 13.2 Å². The lowest BCUT2D eigenvalue weighted by atomic mass is 10.1. The molecule has 0 spiro atoms. The molecule has 0 unspecified atom stereocenters. The molecule has 0 aliphatic rings. The fraction of sp³-hybridized carbons (Fsp3) is 0.211. The van der Waals surface area contributed by atoms with Gasteiger partial charge in [-0.25, -0.2) is 9.07 Å². The van der Waals surface area contributed by atoms with E-state index in [0.717, 1.165) is 16.9 Å². The fourth-order valence-corrected chi connectivity index (χ4v) is 2.71. The molecule has 5 nitrogen and oxygen atoms in total. The topological polar surface area (TPSA) is 51.0 Å². The van der Waals surface area contributed by atoms with Crippen molar-refractivity contribution in [3.05, 3.63) is 77.4 Å². The minimum absolute atomic E-state index is 0.103. The van der Waals surface area contributed by atoms with Crippen LogP contribution in [-0.2, 0) is 6.18 Å². The molecule has 0 saturated carbocycles. The van der Waals surface area contributed by atoms with Gasteiger partial charge in [-0.05, 0) is 36.8 Å². The van der Waals surface area contributed by atoms with Crippen molar-refractivity contribution in [1.82, 2.24) is 19.9 Å². The molecule has 0 saturated heterocycles. The van der Waals surface area contributed by atoms with Gasteiger partial charge in [0.2, 0.25) is 0 Å². The van der Waals surface area contributed by atoms with Crippen LogP contribution >= 0.6 is 0 Å². The summed E-state index contributed by atoms with van der Waals surface area (Å²) in [6, 6.07) is 10.2. The van der Waals surface area contributed by atoms with Crippen LogP contribution in [0, 0.1) is 5.82 Å². The average Bonchev–Trinajstić information content (AvgIpc) is 3.16. The van der Waals surface area contributed by atoms with E-state index in [-0.39, 0.29) is 11.4 Å². The minimum Gasteiger partial charge on any atom is -0.334 e. The highest BCUT2D eigenvalue weighted by Gasteiger charge is 2.34. The molecule has 3 rings (SSSR count). The molecule has 1 atom stereocenters. The number of nitrogens with zero attached hydrogens (tertiary/aromatic N) is 4. The standard InChI is InChI=1S/C19H16F4N4O/c1-12(13-7-9-14(20)10-8-13)26(2)18(28)16-11-27(25-24-16)17-6-4-3-5-15(17)19(21,22)23/h3-12H,1-2H3/t12-/m0/s1. The van der Waals surface area contributed by atoms with Gasteiger partial charge in [-0.3, -0.25) is 4.79 Å². The lowest BCUT2D eigenvalue weighted by Gasteiger charge is -2.24. The number of hydrogen-bond donors (Lipinski definition) is 0. The molecule has 2 aromatic carbocycles. The number of amides is 1. The van der Waals surface area contributed by atoms with Crippen LogP contribution in [0.25, 0.3) is 5.69 Å². The molecule has 28 heavy (non-hydrogen) atoms. The van der Waals surface area contributed by atoms with Crippen molar-refractivity contribution in [2.75, 3.05) is 7.05 Å². The van der Waals surface area contributed by atoms with Crippen LogP contribution in [0.15, 0.2) is 54.7 Å². The van der Waals surface area contributed by atoms with Gasteiger partial charge in [0.1, 0.15) is 5.82 Å². The highest BCUT2D eigenvalue weighted by molar-refractivity contribution is 5.92. The summed E-state index contributed by atoms with van der Waals surface area (Å²) in [6.45, 7) is 1.74. The van der Waals surface area contributed by atoms with E-state index in [1.54, 1.807) is 19.1 Å². The van der Waals surface area contributed by atoms with Gasteiger partial charge < -0.3 is 4.90 Å². The van der Waals surface area contributed by atoms with E-state index in [2.05, 4.69) is 10.3 Å². The quantitative estimate of drug-likeness (QED) is 0.624. The van der Waals surface area contributed by atoms with Crippen molar-refractivity contribution in [3.63, 3.8) is 0 Å². The normalized spacial score (nSPS) is 12.6. The number of para-hydroxylation sites is 1. The number of benzene rings is 2. The van der Waals surface area contributed by atoms with E-state index in [1.165, 1.54) is 42.3 Å². The number of halogens is 4. The Labute approximate surface area is 158 Å². The van der Waals surface area contributed by atoms with Crippen molar-refractivity contribution < 1.29 is 22.4 Å². The Morgan fingerprint density at radius 2 is 1.75 bits per heavy atom. The Balaban J connectivity index is 1.86. The molecule has 0 N–H and O–H groups in total. The first kappa shape index (κ1) is 19.5. The molecule has 0 aliphatic heterocycles. The van der Waals surface area contributed by atoms with Gasteiger partial charge in [0, 0.05) is 7.05 Å². The van der Waals surface area contributed by atoms with Crippen molar-refractivity contribution in [2.24, 2.45) is 0 Å². The maximum atomic E-state index is 13.2. The number of carbonyl (C=O) groups is 1. The monoisotopic (exact) mass is 392 g/mol. The molecule has 9 heteroatoms. The molecule has 0 bridgehead atoms. The van der Waals surface area contributed by atoms with Crippen molar-refractivity contribution in [2.45, 2.75) is 19.1 Å². The second kappa shape index (κ2) is 7.41. The zero-order valence-corrected chi connectivity index (χ0v) is 15.0. The fourth-order valence-electron chi connectivity index (χ4n) is 2.71. The van der Waals surface area contributed by atoms with E-state index in [9.17, 15) is 22.4 Å². The summed E-state index contributed by atoms with van der Waals surface area (Å²) < 4.78 is 53.6. The maximum absolute atomic E-state index is 13.2. The predicted octanol–water partition coefficient (Wildman–Crippen LogP) is 4.26. The molecular formula is C19H16F4N4O. The first-order valence-electron chi connectivity index (χ1n) is 8.30. The Morgan fingerprint density at radius 1 is 1.11 bits per heavy atom. The van der Waals surface area contributed by atoms with Crippen molar-refractivity contribution >= 4 is 5.91 Å². The lowest BCUT2D eigenvalue weighted by molar-refractivity contribution is -0.137. The zero-order chi connectivity index (χ0) is 20.5. The summed E-state index contributed by atoms with van der Waals surface area (Å²) in [5, 5.41) is 7.40. The minimum atomic E-state index is -4.57. The molecule has 1 amide bonds. The van der Waals surface area contributed by atoms with Gasteiger partial charge in [0.25, 0.3) is 5.91 Å². The number of hydrogen-bond acceptors (Lipinski definition) is 3. The van der Waals surface area contributed by atoms with Crippen molar-refractivity contribution in [3.8, 4) is 5.69 Å². The van der Waals surface area contributed by atoms with Gasteiger partial charge in [-0.15, -0.1) is 5.10 Å². The Morgan fingerprint density at radius 3 is 2.39 bits per heavy atom. The third kappa shape index (κ3) is 3.88. The van der Waals surface area contributed by atoms with Gasteiger partial charge in [-0.1, -0.05) is 29.5 Å². The number of carbonyl (C=O) groups excluding carboxylic acids is 1. The van der Waals surface area contributed by atoms with Crippen LogP contribution in [0.1, 0.15) is 34.6 Å². The summed E-state index contributed by atoms with van der Waals surface area (Å²) in [6.07, 6.45) is -3.42. The van der Waals surface area contributed by atoms with E-state index in [1.807, 2.05) is 0 Å². The number of aromatic nitrogens is 3. The molecule has 0 aliphatic carbocycles. The Kier molecular flexibility index (Phi) is 5.17. The van der Waals surface area contributed by atoms with E-state index >= 15 is 0 Å². The summed E-state index contributed by atoms with van der Waals surface area (Å²) in [5.74, 6) is -0.913. The smallest absolute Gasteiger partial charge is 0.334 e. The number of alkyl halides is 3. The highest BCUT2D eigenvalue weighted by atomic mass is 19.4. The predicted molar refractivity (Wildman–Crippen MR) is 93.3 cm³/mol. The first-order chi connectivity index (χ1) is 13.2. The van der Waals surface area contributed by atoms with E-state index < -0.39 is 29.5 Å². The highest BCUT2D eigenvalue weighted by Crippen LogP contribution is 2.33. The van der Waals surface area contributed by atoms with Gasteiger partial charge >= 0.3 is 6.18 Å². The van der Waals surface area contributed by atoms with Crippen LogP contribution in [0.4, 0.5) is 17.6 Å². The Hall–Kier alpha value is -3.23. The summed E-state index contributed by atoms with van der Waals surface area (Å²) in [7, 11) is 1.53. The largest absolute Gasteiger partial charge is 0.418 e. The second-order valence-electron chi connectivity index (χ2n) is 6.21. The molecular weight excluding hydrogens is 376 g/mol. The van der Waals surface area contributed by atoms with E-state index in [4.69, 9.17) is 0 Å². The number of rotatable bonds is 4. The van der Waals surface area contributed by atoms with Gasteiger partial charge in [0.15, 0.2) is 5.69 Å². The average molecular weight is 392 g/mol. The van der Waals surface area contributed by atoms with Crippen LogP contribution in [0.3, 0.4) is 0 Å². The molecule has 0 fully saturated rings. The molecule has 3 aromatic rings. The summed E-state index contributed by atoms with van der Waals surface area (Å²) in [5.41, 5.74) is -0.511. The third-order valence-electron chi connectivity index (χ3n) is 4.42.